The number of carbonyl (C=O) groups is 1. The van der Waals surface area contributed by atoms with Crippen LogP contribution in [0.5, 0.6) is 5.75 Å². The molecule has 0 atom stereocenters. The maximum absolute atomic E-state index is 12.5. The number of rotatable bonds is 4. The summed E-state index contributed by atoms with van der Waals surface area (Å²) < 4.78 is 10.2. The Hall–Kier alpha value is -2.79. The molecular formula is C18H14ClNO4. The Kier molecular flexibility index (Phi) is 4.53. The molecule has 2 aromatic carbocycles. The van der Waals surface area contributed by atoms with E-state index in [9.17, 15) is 9.59 Å². The van der Waals surface area contributed by atoms with Crippen LogP contribution in [0.2, 0.25) is 5.02 Å². The van der Waals surface area contributed by atoms with Gasteiger partial charge in [0.05, 0.1) is 12.7 Å². The first kappa shape index (κ1) is 16.1. The van der Waals surface area contributed by atoms with E-state index in [1.165, 1.54) is 13.2 Å². The molecule has 0 saturated carbocycles. The van der Waals surface area contributed by atoms with Crippen LogP contribution in [0.15, 0.2) is 57.7 Å². The third-order valence-corrected chi connectivity index (χ3v) is 3.96. The van der Waals surface area contributed by atoms with E-state index in [1.54, 1.807) is 24.3 Å². The number of hydrogen-bond acceptors (Lipinski definition) is 4. The second-order valence-corrected chi connectivity index (χ2v) is 5.52. The van der Waals surface area contributed by atoms with Crippen molar-refractivity contribution in [3.05, 3.63) is 75.1 Å². The molecule has 1 amide bonds. The second kappa shape index (κ2) is 6.76. The first-order valence-corrected chi connectivity index (χ1v) is 7.60. The molecule has 1 N–H and O–H groups in total. The highest BCUT2D eigenvalue weighted by Gasteiger charge is 2.14. The van der Waals surface area contributed by atoms with Crippen LogP contribution in [0.3, 0.4) is 0 Å². The lowest BCUT2D eigenvalue weighted by Gasteiger charge is -2.09. The highest BCUT2D eigenvalue weighted by atomic mass is 35.5. The van der Waals surface area contributed by atoms with Crippen LogP contribution in [0.4, 0.5) is 0 Å². The first-order valence-electron chi connectivity index (χ1n) is 7.22. The van der Waals surface area contributed by atoms with Crippen LogP contribution in [0.25, 0.3) is 11.0 Å². The maximum atomic E-state index is 12.5. The number of hydrogen-bond donors (Lipinski definition) is 1. The van der Waals surface area contributed by atoms with Crippen molar-refractivity contribution in [2.75, 3.05) is 7.11 Å². The zero-order valence-corrected chi connectivity index (χ0v) is 13.6. The molecule has 0 aliphatic carbocycles. The van der Waals surface area contributed by atoms with Gasteiger partial charge in [0.1, 0.15) is 11.3 Å². The fourth-order valence-electron chi connectivity index (χ4n) is 2.37. The predicted molar refractivity (Wildman–Crippen MR) is 91.7 cm³/mol. The quantitative estimate of drug-likeness (QED) is 0.737. The van der Waals surface area contributed by atoms with Crippen molar-refractivity contribution < 1.29 is 13.9 Å². The lowest BCUT2D eigenvalue weighted by atomic mass is 10.1. The molecule has 0 aliphatic heterocycles. The van der Waals surface area contributed by atoms with Crippen LogP contribution >= 0.6 is 11.6 Å². The lowest BCUT2D eigenvalue weighted by molar-refractivity contribution is 0.0952. The average Bonchev–Trinajstić information content (AvgIpc) is 2.59. The van der Waals surface area contributed by atoms with Gasteiger partial charge in [-0.25, -0.2) is 4.79 Å². The zero-order valence-electron chi connectivity index (χ0n) is 12.8. The van der Waals surface area contributed by atoms with E-state index in [0.717, 1.165) is 5.56 Å². The Balaban J connectivity index is 1.92. The van der Waals surface area contributed by atoms with E-state index < -0.39 is 5.63 Å². The van der Waals surface area contributed by atoms with Gasteiger partial charge in [0.2, 0.25) is 0 Å². The number of carbonyl (C=O) groups excluding carboxylic acids is 1. The fourth-order valence-corrected chi connectivity index (χ4v) is 2.57. The van der Waals surface area contributed by atoms with Crippen molar-refractivity contribution in [1.82, 2.24) is 5.32 Å². The largest absolute Gasteiger partial charge is 0.497 e. The average molecular weight is 344 g/mol. The molecule has 1 heterocycles. The summed E-state index contributed by atoms with van der Waals surface area (Å²) >= 11 is 6.08. The van der Waals surface area contributed by atoms with Gasteiger partial charge in [0, 0.05) is 29.1 Å². The number of methoxy groups -OCH3 is 1. The molecule has 1 aromatic heterocycles. The van der Waals surface area contributed by atoms with Gasteiger partial charge < -0.3 is 14.5 Å². The Morgan fingerprint density at radius 1 is 1.21 bits per heavy atom. The van der Waals surface area contributed by atoms with E-state index in [4.69, 9.17) is 20.8 Å². The molecule has 0 saturated heterocycles. The van der Waals surface area contributed by atoms with Gasteiger partial charge in [-0.1, -0.05) is 29.8 Å². The number of nitrogens with one attached hydrogen (secondary N) is 1. The Bertz CT molecular complexity index is 965. The molecule has 0 aliphatic rings. The highest BCUT2D eigenvalue weighted by molar-refractivity contribution is 6.31. The summed E-state index contributed by atoms with van der Waals surface area (Å²) in [6.07, 6.45) is 0. The van der Waals surface area contributed by atoms with Crippen LogP contribution in [0, 0.1) is 0 Å². The molecule has 3 rings (SSSR count). The molecular weight excluding hydrogens is 330 g/mol. The number of fused-ring (bicyclic) bond motifs is 1. The minimum atomic E-state index is -0.598. The fraction of sp³-hybridized carbons (Fsp3) is 0.111. The van der Waals surface area contributed by atoms with Crippen LogP contribution in [0.1, 0.15) is 15.9 Å². The molecule has 0 bridgehead atoms. The summed E-state index contributed by atoms with van der Waals surface area (Å²) in [6, 6.07) is 13.4. The molecule has 3 aromatic rings. The zero-order chi connectivity index (χ0) is 17.1. The van der Waals surface area contributed by atoms with Crippen molar-refractivity contribution >= 4 is 28.5 Å². The van der Waals surface area contributed by atoms with E-state index in [0.29, 0.717) is 21.7 Å². The molecule has 0 radical (unpaired) electrons. The van der Waals surface area contributed by atoms with Gasteiger partial charge >= 0.3 is 5.63 Å². The van der Waals surface area contributed by atoms with Gasteiger partial charge in [0.25, 0.3) is 5.91 Å². The number of benzene rings is 2. The number of amides is 1. The normalized spacial score (nSPS) is 10.6. The summed E-state index contributed by atoms with van der Waals surface area (Å²) in [7, 11) is 1.51. The molecule has 0 spiro atoms. The van der Waals surface area contributed by atoms with Gasteiger partial charge in [-0.15, -0.1) is 0 Å². The third kappa shape index (κ3) is 3.26. The van der Waals surface area contributed by atoms with E-state index in [2.05, 4.69) is 5.32 Å². The minimum Gasteiger partial charge on any atom is -0.497 e. The van der Waals surface area contributed by atoms with E-state index >= 15 is 0 Å². The molecule has 122 valence electrons. The molecule has 6 heteroatoms. The smallest absolute Gasteiger partial charge is 0.337 e. The van der Waals surface area contributed by atoms with Gasteiger partial charge in [-0.2, -0.15) is 0 Å². The second-order valence-electron chi connectivity index (χ2n) is 5.12. The third-order valence-electron chi connectivity index (χ3n) is 3.59. The van der Waals surface area contributed by atoms with Gasteiger partial charge in [-0.3, -0.25) is 4.79 Å². The van der Waals surface area contributed by atoms with Crippen molar-refractivity contribution in [3.8, 4) is 5.75 Å². The van der Waals surface area contributed by atoms with Gasteiger partial charge in [-0.05, 0) is 23.8 Å². The standard InChI is InChI=1S/C18H14ClNO4/c1-23-12-6-7-13-14(9-17(21)24-16(13)8-12)18(22)20-10-11-4-2-3-5-15(11)19/h2-9H,10H2,1H3,(H,20,22). The van der Waals surface area contributed by atoms with E-state index in [1.807, 2.05) is 18.2 Å². The SMILES string of the molecule is COc1ccc2c(C(=O)NCc3ccccc3Cl)cc(=O)oc2c1. The van der Waals surface area contributed by atoms with Crippen molar-refractivity contribution in [2.45, 2.75) is 6.54 Å². The molecule has 5 nitrogen and oxygen atoms in total. The van der Waals surface area contributed by atoms with Crippen LogP contribution < -0.4 is 15.7 Å². The summed E-state index contributed by atoms with van der Waals surface area (Å²) in [5.41, 5.74) is 0.737. The van der Waals surface area contributed by atoms with Crippen molar-refractivity contribution in [1.29, 1.82) is 0 Å². The Labute approximate surface area is 142 Å². The summed E-state index contributed by atoms with van der Waals surface area (Å²) in [4.78, 5) is 24.2. The summed E-state index contributed by atoms with van der Waals surface area (Å²) in [6.45, 7) is 0.260. The molecule has 0 unspecified atom stereocenters. The van der Waals surface area contributed by atoms with Crippen molar-refractivity contribution in [2.24, 2.45) is 0 Å². The Morgan fingerprint density at radius 2 is 2.00 bits per heavy atom. The predicted octanol–water partition coefficient (Wildman–Crippen LogP) is 3.39. The summed E-state index contributed by atoms with van der Waals surface area (Å²) in [5.74, 6) is 0.164. The topological polar surface area (TPSA) is 68.5 Å². The van der Waals surface area contributed by atoms with E-state index in [-0.39, 0.29) is 18.0 Å². The highest BCUT2D eigenvalue weighted by Crippen LogP contribution is 2.22. The van der Waals surface area contributed by atoms with Crippen LogP contribution in [-0.2, 0) is 6.54 Å². The van der Waals surface area contributed by atoms with Crippen molar-refractivity contribution in [3.63, 3.8) is 0 Å². The first-order chi connectivity index (χ1) is 11.6. The monoisotopic (exact) mass is 343 g/mol. The van der Waals surface area contributed by atoms with Gasteiger partial charge in [0.15, 0.2) is 0 Å². The number of ether oxygens (including phenoxy) is 1. The Morgan fingerprint density at radius 3 is 2.75 bits per heavy atom. The summed E-state index contributed by atoms with van der Waals surface area (Å²) in [5, 5.41) is 3.87. The van der Waals surface area contributed by atoms with Crippen LogP contribution in [-0.4, -0.2) is 13.0 Å². The molecule has 0 fully saturated rings. The number of halogens is 1. The minimum absolute atomic E-state index is 0.246. The molecule has 24 heavy (non-hydrogen) atoms. The lowest BCUT2D eigenvalue weighted by Crippen LogP contribution is -2.24. The maximum Gasteiger partial charge on any atom is 0.337 e.